The quantitative estimate of drug-likeness (QED) is 0.718. The maximum Gasteiger partial charge on any atom is 0.241 e. The average molecular weight is 391 g/mol. The van der Waals surface area contributed by atoms with E-state index in [0.717, 1.165) is 11.3 Å². The number of anilines is 1. The van der Waals surface area contributed by atoms with Gasteiger partial charge in [-0.05, 0) is 62.9 Å². The molecule has 2 rings (SSSR count). The fraction of sp³-hybridized carbons (Fsp3) is 0.316. The van der Waals surface area contributed by atoms with Crippen LogP contribution in [0.5, 0.6) is 5.75 Å². The minimum Gasteiger partial charge on any atom is -0.494 e. The number of sulfonamides is 1. The Hall–Kier alpha value is -2.42. The number of amides is 1. The van der Waals surface area contributed by atoms with Crippen molar-refractivity contribution < 1.29 is 17.9 Å². The highest BCUT2D eigenvalue weighted by molar-refractivity contribution is 7.89. The first-order valence-electron chi connectivity index (χ1n) is 8.56. The molecule has 27 heavy (non-hydrogen) atoms. The van der Waals surface area contributed by atoms with Crippen LogP contribution in [0.2, 0.25) is 0 Å². The first kappa shape index (κ1) is 20.9. The molecule has 7 nitrogen and oxygen atoms in total. The number of hydrogen-bond donors (Lipinski definition) is 2. The summed E-state index contributed by atoms with van der Waals surface area (Å²) in [5, 5.41) is 7.84. The number of nitrogens with zero attached hydrogens (tertiary/aromatic N) is 1. The third kappa shape index (κ3) is 6.06. The Morgan fingerprint density at radius 1 is 1.15 bits per heavy atom. The number of carbonyl (C=O) groups is 1. The second-order valence-corrected chi connectivity index (χ2v) is 7.79. The summed E-state index contributed by atoms with van der Waals surface area (Å²) in [5.74, 6) is 0.629. The Kier molecular flexibility index (Phi) is 6.95. The van der Waals surface area contributed by atoms with Gasteiger partial charge in [-0.1, -0.05) is 12.1 Å². The largest absolute Gasteiger partial charge is 0.494 e. The van der Waals surface area contributed by atoms with Crippen LogP contribution in [0, 0.1) is 0 Å². The lowest BCUT2D eigenvalue weighted by Gasteiger charge is -2.24. The van der Waals surface area contributed by atoms with Gasteiger partial charge in [0.25, 0.3) is 0 Å². The van der Waals surface area contributed by atoms with Crippen LogP contribution >= 0.6 is 0 Å². The van der Waals surface area contributed by atoms with Crippen molar-refractivity contribution in [3.8, 4) is 5.75 Å². The van der Waals surface area contributed by atoms with Crippen molar-refractivity contribution in [2.24, 2.45) is 5.14 Å². The fourth-order valence-electron chi connectivity index (χ4n) is 2.46. The van der Waals surface area contributed by atoms with Crippen molar-refractivity contribution in [3.05, 3.63) is 54.1 Å². The number of benzene rings is 2. The lowest BCUT2D eigenvalue weighted by atomic mass is 10.1. The SMILES string of the molecule is CCOc1ccc(CN(C)[C@@H](C)C(=O)Nc2ccc(S(N)(=O)=O)cc2)cc1. The van der Waals surface area contributed by atoms with Crippen molar-refractivity contribution >= 4 is 21.6 Å². The Labute approximate surface area is 160 Å². The molecule has 2 aromatic rings. The van der Waals surface area contributed by atoms with Gasteiger partial charge in [0.05, 0.1) is 17.5 Å². The van der Waals surface area contributed by atoms with E-state index in [-0.39, 0.29) is 16.8 Å². The zero-order chi connectivity index (χ0) is 20.0. The molecule has 0 aliphatic heterocycles. The fourth-order valence-corrected chi connectivity index (χ4v) is 2.97. The van der Waals surface area contributed by atoms with Crippen molar-refractivity contribution in [3.63, 3.8) is 0 Å². The minimum absolute atomic E-state index is 0.00108. The molecule has 0 aliphatic rings. The maximum absolute atomic E-state index is 12.4. The second-order valence-electron chi connectivity index (χ2n) is 6.23. The van der Waals surface area contributed by atoms with Crippen LogP contribution in [-0.4, -0.2) is 38.9 Å². The lowest BCUT2D eigenvalue weighted by molar-refractivity contribution is -0.120. The van der Waals surface area contributed by atoms with E-state index < -0.39 is 10.0 Å². The molecule has 146 valence electrons. The van der Waals surface area contributed by atoms with Crippen LogP contribution in [0.15, 0.2) is 53.4 Å². The Balaban J connectivity index is 1.95. The van der Waals surface area contributed by atoms with Gasteiger partial charge in [0.15, 0.2) is 0 Å². The third-order valence-electron chi connectivity index (χ3n) is 4.16. The number of primary sulfonamides is 1. The van der Waals surface area contributed by atoms with E-state index in [9.17, 15) is 13.2 Å². The molecule has 0 heterocycles. The van der Waals surface area contributed by atoms with Gasteiger partial charge in [-0.3, -0.25) is 9.69 Å². The third-order valence-corrected chi connectivity index (χ3v) is 5.09. The molecule has 0 fully saturated rings. The number of hydrogen-bond acceptors (Lipinski definition) is 5. The van der Waals surface area contributed by atoms with E-state index in [4.69, 9.17) is 9.88 Å². The molecule has 0 bridgehead atoms. The van der Waals surface area contributed by atoms with E-state index in [1.54, 1.807) is 0 Å². The summed E-state index contributed by atoms with van der Waals surface area (Å²) in [6.45, 7) is 4.97. The van der Waals surface area contributed by atoms with Gasteiger partial charge >= 0.3 is 0 Å². The van der Waals surface area contributed by atoms with E-state index in [0.29, 0.717) is 18.8 Å². The maximum atomic E-state index is 12.4. The van der Waals surface area contributed by atoms with Gasteiger partial charge in [0.2, 0.25) is 15.9 Å². The topological polar surface area (TPSA) is 102 Å². The van der Waals surface area contributed by atoms with Crippen molar-refractivity contribution in [2.45, 2.75) is 31.3 Å². The molecule has 8 heteroatoms. The molecule has 0 saturated carbocycles. The van der Waals surface area contributed by atoms with Gasteiger partial charge < -0.3 is 10.1 Å². The zero-order valence-electron chi connectivity index (χ0n) is 15.7. The minimum atomic E-state index is -3.75. The van der Waals surface area contributed by atoms with Crippen molar-refractivity contribution in [1.82, 2.24) is 4.90 Å². The van der Waals surface area contributed by atoms with Crippen LogP contribution in [0.25, 0.3) is 0 Å². The predicted octanol–water partition coefficient (Wildman–Crippen LogP) is 2.19. The summed E-state index contributed by atoms with van der Waals surface area (Å²) >= 11 is 0. The predicted molar refractivity (Wildman–Crippen MR) is 105 cm³/mol. The summed E-state index contributed by atoms with van der Waals surface area (Å²) in [7, 11) is -1.88. The standard InChI is InChI=1S/C19H25N3O4S/c1-4-26-17-9-5-15(6-10-17)13-22(3)14(2)19(23)21-16-7-11-18(12-8-16)27(20,24)25/h5-12,14H,4,13H2,1-3H3,(H,21,23)(H2,20,24,25)/t14-/m0/s1. The summed E-state index contributed by atoms with van der Waals surface area (Å²) in [5.41, 5.74) is 1.58. The molecule has 3 N–H and O–H groups in total. The summed E-state index contributed by atoms with van der Waals surface area (Å²) in [6, 6.07) is 13.1. The lowest BCUT2D eigenvalue weighted by Crippen LogP contribution is -2.39. The highest BCUT2D eigenvalue weighted by Gasteiger charge is 2.18. The van der Waals surface area contributed by atoms with Crippen LogP contribution in [0.4, 0.5) is 5.69 Å². The molecule has 1 atom stereocenters. The molecule has 2 aromatic carbocycles. The first-order chi connectivity index (χ1) is 12.7. The Bertz CT molecular complexity index is 865. The number of nitrogens with two attached hydrogens (primary N) is 1. The van der Waals surface area contributed by atoms with Gasteiger partial charge in [-0.25, -0.2) is 13.6 Å². The molecular weight excluding hydrogens is 366 g/mol. The highest BCUT2D eigenvalue weighted by Crippen LogP contribution is 2.16. The molecule has 0 spiro atoms. The molecule has 0 aliphatic carbocycles. The molecule has 0 radical (unpaired) electrons. The van der Waals surface area contributed by atoms with Gasteiger partial charge in [0, 0.05) is 12.2 Å². The van der Waals surface area contributed by atoms with Crippen LogP contribution in [0.1, 0.15) is 19.4 Å². The highest BCUT2D eigenvalue weighted by atomic mass is 32.2. The molecule has 1 amide bonds. The summed E-state index contributed by atoms with van der Waals surface area (Å²) in [6.07, 6.45) is 0. The smallest absolute Gasteiger partial charge is 0.241 e. The first-order valence-corrected chi connectivity index (χ1v) is 10.1. The van der Waals surface area contributed by atoms with Crippen molar-refractivity contribution in [2.75, 3.05) is 19.0 Å². The second kappa shape index (κ2) is 8.98. The van der Waals surface area contributed by atoms with Crippen LogP contribution in [0.3, 0.4) is 0 Å². The van der Waals surface area contributed by atoms with Crippen LogP contribution in [-0.2, 0) is 21.4 Å². The van der Waals surface area contributed by atoms with E-state index in [1.165, 1.54) is 24.3 Å². The van der Waals surface area contributed by atoms with E-state index >= 15 is 0 Å². The van der Waals surface area contributed by atoms with E-state index in [2.05, 4.69) is 5.32 Å². The number of likely N-dealkylation sites (N-methyl/N-ethyl adjacent to an activating group) is 1. The van der Waals surface area contributed by atoms with E-state index in [1.807, 2.05) is 50.1 Å². The number of nitrogens with one attached hydrogen (secondary N) is 1. The summed E-state index contributed by atoms with van der Waals surface area (Å²) in [4.78, 5) is 14.4. The summed E-state index contributed by atoms with van der Waals surface area (Å²) < 4.78 is 28.0. The number of rotatable bonds is 8. The molecule has 0 aromatic heterocycles. The molecule has 0 saturated heterocycles. The number of ether oxygens (including phenoxy) is 1. The Morgan fingerprint density at radius 2 is 1.74 bits per heavy atom. The molecule has 0 unspecified atom stereocenters. The van der Waals surface area contributed by atoms with Crippen LogP contribution < -0.4 is 15.2 Å². The molecular formula is C19H25N3O4S. The zero-order valence-corrected chi connectivity index (χ0v) is 16.5. The monoisotopic (exact) mass is 391 g/mol. The number of carbonyl (C=O) groups excluding carboxylic acids is 1. The van der Waals surface area contributed by atoms with Gasteiger partial charge in [-0.15, -0.1) is 0 Å². The van der Waals surface area contributed by atoms with Gasteiger partial charge in [0.1, 0.15) is 5.75 Å². The van der Waals surface area contributed by atoms with Gasteiger partial charge in [-0.2, -0.15) is 0 Å². The van der Waals surface area contributed by atoms with Crippen molar-refractivity contribution in [1.29, 1.82) is 0 Å². The normalized spacial score (nSPS) is 12.6. The Morgan fingerprint density at radius 3 is 2.26 bits per heavy atom. The average Bonchev–Trinajstić information content (AvgIpc) is 2.62.